The van der Waals surface area contributed by atoms with Crippen molar-refractivity contribution in [3.63, 3.8) is 0 Å². The molecule has 0 aromatic rings. The van der Waals surface area contributed by atoms with Gasteiger partial charge in [0.15, 0.2) is 0 Å². The zero-order chi connectivity index (χ0) is 13.7. The Morgan fingerprint density at radius 3 is 2.56 bits per heavy atom. The molecular weight excluding hydrogens is 240 g/mol. The number of aliphatic carboxylic acids is 2. The SMILES string of the molecule is CCC1CCCN1C(=O)N[C@H](CC(=O)O)C(=O)O. The van der Waals surface area contributed by atoms with E-state index in [2.05, 4.69) is 5.32 Å². The Kier molecular flexibility index (Phi) is 4.94. The molecule has 1 rings (SSSR count). The van der Waals surface area contributed by atoms with E-state index < -0.39 is 30.4 Å². The molecule has 18 heavy (non-hydrogen) atoms. The molecule has 102 valence electrons. The minimum atomic E-state index is -1.38. The Morgan fingerprint density at radius 1 is 1.39 bits per heavy atom. The first kappa shape index (κ1) is 14.3. The van der Waals surface area contributed by atoms with E-state index in [1.165, 1.54) is 0 Å². The largest absolute Gasteiger partial charge is 0.481 e. The fourth-order valence-electron chi connectivity index (χ4n) is 2.13. The first-order valence-electron chi connectivity index (χ1n) is 5.97. The topological polar surface area (TPSA) is 107 Å². The van der Waals surface area contributed by atoms with Gasteiger partial charge in [0.1, 0.15) is 6.04 Å². The average molecular weight is 258 g/mol. The fourth-order valence-corrected chi connectivity index (χ4v) is 2.13. The highest BCUT2D eigenvalue weighted by Crippen LogP contribution is 2.19. The van der Waals surface area contributed by atoms with E-state index in [1.54, 1.807) is 4.90 Å². The molecule has 0 aromatic heterocycles. The van der Waals surface area contributed by atoms with Gasteiger partial charge < -0.3 is 20.4 Å². The minimum absolute atomic E-state index is 0.115. The van der Waals surface area contributed by atoms with Gasteiger partial charge in [-0.3, -0.25) is 4.79 Å². The summed E-state index contributed by atoms with van der Waals surface area (Å²) >= 11 is 0. The zero-order valence-electron chi connectivity index (χ0n) is 10.3. The molecule has 1 unspecified atom stereocenters. The molecular formula is C11H18N2O5. The van der Waals surface area contributed by atoms with Crippen LogP contribution in [0.1, 0.15) is 32.6 Å². The van der Waals surface area contributed by atoms with Crippen LogP contribution in [0.15, 0.2) is 0 Å². The molecule has 3 N–H and O–H groups in total. The molecule has 1 aliphatic heterocycles. The first-order chi connectivity index (χ1) is 8.45. The van der Waals surface area contributed by atoms with Crippen LogP contribution < -0.4 is 5.32 Å². The third-order valence-corrected chi connectivity index (χ3v) is 3.08. The van der Waals surface area contributed by atoms with E-state index >= 15 is 0 Å². The fraction of sp³-hybridized carbons (Fsp3) is 0.727. The first-order valence-corrected chi connectivity index (χ1v) is 5.97. The van der Waals surface area contributed by atoms with Gasteiger partial charge in [0.05, 0.1) is 6.42 Å². The van der Waals surface area contributed by atoms with Gasteiger partial charge >= 0.3 is 18.0 Å². The highest BCUT2D eigenvalue weighted by Gasteiger charge is 2.31. The van der Waals surface area contributed by atoms with Gasteiger partial charge in [-0.05, 0) is 19.3 Å². The molecule has 0 aromatic carbocycles. The summed E-state index contributed by atoms with van der Waals surface area (Å²) in [5, 5.41) is 19.7. The predicted molar refractivity (Wildman–Crippen MR) is 62.2 cm³/mol. The lowest BCUT2D eigenvalue weighted by molar-refractivity contribution is -0.145. The molecule has 1 saturated heterocycles. The number of urea groups is 1. The summed E-state index contributed by atoms with van der Waals surface area (Å²) < 4.78 is 0. The van der Waals surface area contributed by atoms with Crippen LogP contribution in [0.25, 0.3) is 0 Å². The van der Waals surface area contributed by atoms with Crippen LogP contribution in [0.4, 0.5) is 4.79 Å². The average Bonchev–Trinajstić information content (AvgIpc) is 2.75. The lowest BCUT2D eigenvalue weighted by atomic mass is 10.2. The maximum Gasteiger partial charge on any atom is 0.326 e. The second-order valence-corrected chi connectivity index (χ2v) is 4.34. The molecule has 1 heterocycles. The second kappa shape index (κ2) is 6.23. The van der Waals surface area contributed by atoms with Gasteiger partial charge in [0.25, 0.3) is 0 Å². The number of hydrogen-bond donors (Lipinski definition) is 3. The lowest BCUT2D eigenvalue weighted by Gasteiger charge is -2.25. The van der Waals surface area contributed by atoms with Crippen molar-refractivity contribution < 1.29 is 24.6 Å². The van der Waals surface area contributed by atoms with Crippen molar-refractivity contribution in [3.8, 4) is 0 Å². The molecule has 1 aliphatic rings. The van der Waals surface area contributed by atoms with E-state index in [4.69, 9.17) is 10.2 Å². The Hall–Kier alpha value is -1.79. The number of rotatable bonds is 5. The normalized spacial score (nSPS) is 20.5. The summed E-state index contributed by atoms with van der Waals surface area (Å²) in [6.45, 7) is 2.55. The summed E-state index contributed by atoms with van der Waals surface area (Å²) in [6, 6.07) is -1.76. The zero-order valence-corrected chi connectivity index (χ0v) is 10.3. The number of carboxylic acid groups (broad SMARTS) is 2. The van der Waals surface area contributed by atoms with Crippen LogP contribution in [-0.4, -0.2) is 51.7 Å². The van der Waals surface area contributed by atoms with E-state index in [9.17, 15) is 14.4 Å². The molecule has 1 fully saturated rings. The quantitative estimate of drug-likeness (QED) is 0.665. The third-order valence-electron chi connectivity index (χ3n) is 3.08. The van der Waals surface area contributed by atoms with Crippen molar-refractivity contribution in [1.82, 2.24) is 10.2 Å². The number of carboxylic acids is 2. The van der Waals surface area contributed by atoms with E-state index in [-0.39, 0.29) is 6.04 Å². The van der Waals surface area contributed by atoms with Crippen LogP contribution in [-0.2, 0) is 9.59 Å². The van der Waals surface area contributed by atoms with Gasteiger partial charge in [-0.15, -0.1) is 0 Å². The van der Waals surface area contributed by atoms with Crippen molar-refractivity contribution in [2.75, 3.05) is 6.54 Å². The number of amides is 2. The van der Waals surface area contributed by atoms with Crippen molar-refractivity contribution >= 4 is 18.0 Å². The highest BCUT2D eigenvalue weighted by atomic mass is 16.4. The van der Waals surface area contributed by atoms with Crippen molar-refractivity contribution in [1.29, 1.82) is 0 Å². The van der Waals surface area contributed by atoms with Crippen molar-refractivity contribution in [2.45, 2.75) is 44.7 Å². The summed E-state index contributed by atoms with van der Waals surface area (Å²) in [4.78, 5) is 34.8. The molecule has 2 amide bonds. The number of carbonyl (C=O) groups is 3. The summed E-state index contributed by atoms with van der Waals surface area (Å²) in [7, 11) is 0. The van der Waals surface area contributed by atoms with E-state index in [1.807, 2.05) is 6.92 Å². The van der Waals surface area contributed by atoms with Crippen LogP contribution in [0, 0.1) is 0 Å². The van der Waals surface area contributed by atoms with Crippen LogP contribution in [0.5, 0.6) is 0 Å². The Balaban J connectivity index is 2.60. The van der Waals surface area contributed by atoms with Crippen molar-refractivity contribution in [2.24, 2.45) is 0 Å². The molecule has 0 saturated carbocycles. The molecule has 0 aliphatic carbocycles. The van der Waals surface area contributed by atoms with Gasteiger partial charge in [-0.2, -0.15) is 0 Å². The number of nitrogens with one attached hydrogen (secondary N) is 1. The van der Waals surface area contributed by atoms with Gasteiger partial charge in [0, 0.05) is 12.6 Å². The van der Waals surface area contributed by atoms with Crippen molar-refractivity contribution in [3.05, 3.63) is 0 Å². The molecule has 0 radical (unpaired) electrons. The smallest absolute Gasteiger partial charge is 0.326 e. The van der Waals surface area contributed by atoms with Gasteiger partial charge in [-0.1, -0.05) is 6.92 Å². The summed E-state index contributed by atoms with van der Waals surface area (Å²) in [5.74, 6) is -2.59. The summed E-state index contributed by atoms with van der Waals surface area (Å²) in [6.07, 6.45) is 1.99. The molecule has 7 nitrogen and oxygen atoms in total. The number of likely N-dealkylation sites (tertiary alicyclic amines) is 1. The van der Waals surface area contributed by atoms with Crippen LogP contribution in [0.3, 0.4) is 0 Å². The number of carbonyl (C=O) groups excluding carboxylic acids is 1. The predicted octanol–water partition coefficient (Wildman–Crippen LogP) is 0.498. The molecule has 2 atom stereocenters. The standard InChI is InChI=1S/C11H18N2O5/c1-2-7-4-3-5-13(7)11(18)12-8(10(16)17)6-9(14)15/h7-8H,2-6H2,1H3,(H,12,18)(H,14,15)(H,16,17)/t7?,8-/m1/s1. The Morgan fingerprint density at radius 2 is 2.06 bits per heavy atom. The Labute approximate surface area is 105 Å². The highest BCUT2D eigenvalue weighted by molar-refractivity contribution is 5.86. The summed E-state index contributed by atoms with van der Waals surface area (Å²) in [5.41, 5.74) is 0. The maximum absolute atomic E-state index is 11.9. The van der Waals surface area contributed by atoms with E-state index in [0.29, 0.717) is 6.54 Å². The molecule has 7 heteroatoms. The minimum Gasteiger partial charge on any atom is -0.481 e. The maximum atomic E-state index is 11.9. The lowest BCUT2D eigenvalue weighted by Crippen LogP contribution is -2.50. The Bertz CT molecular complexity index is 344. The van der Waals surface area contributed by atoms with Crippen LogP contribution in [0.2, 0.25) is 0 Å². The molecule has 0 spiro atoms. The van der Waals surface area contributed by atoms with E-state index in [0.717, 1.165) is 19.3 Å². The third kappa shape index (κ3) is 3.61. The monoisotopic (exact) mass is 258 g/mol. The second-order valence-electron chi connectivity index (χ2n) is 4.34. The number of hydrogen-bond acceptors (Lipinski definition) is 3. The van der Waals surface area contributed by atoms with Gasteiger partial charge in [0.2, 0.25) is 0 Å². The van der Waals surface area contributed by atoms with Gasteiger partial charge in [-0.25, -0.2) is 9.59 Å². The van der Waals surface area contributed by atoms with Crippen LogP contribution >= 0.6 is 0 Å². The molecule has 0 bridgehead atoms. The number of nitrogens with zero attached hydrogens (tertiary/aromatic N) is 1.